The van der Waals surface area contributed by atoms with Crippen molar-refractivity contribution in [3.63, 3.8) is 0 Å². The van der Waals surface area contributed by atoms with Crippen LogP contribution < -0.4 is 0 Å². The maximum Gasteiger partial charge on any atom is 0.191 e. The van der Waals surface area contributed by atoms with Gasteiger partial charge in [0.05, 0.1) is 18.3 Å². The van der Waals surface area contributed by atoms with Gasteiger partial charge in [-0.15, -0.1) is 10.2 Å². The first kappa shape index (κ1) is 15.1. The molecule has 23 heavy (non-hydrogen) atoms. The minimum Gasteiger partial charge on any atom is -0.355 e. The highest BCUT2D eigenvalue weighted by atomic mass is 32.2. The van der Waals surface area contributed by atoms with Gasteiger partial charge in [0, 0.05) is 11.8 Å². The van der Waals surface area contributed by atoms with Crippen molar-refractivity contribution in [2.45, 2.75) is 36.6 Å². The van der Waals surface area contributed by atoms with Crippen LogP contribution in [0.15, 0.2) is 29.4 Å². The molecule has 1 saturated heterocycles. The Bertz CT molecular complexity index is 684. The number of halogens is 1. The normalized spacial score (nSPS) is 21.5. The van der Waals surface area contributed by atoms with Crippen LogP contribution >= 0.6 is 11.8 Å². The van der Waals surface area contributed by atoms with Crippen LogP contribution in [0.25, 0.3) is 11.4 Å². The lowest BCUT2D eigenvalue weighted by molar-refractivity contribution is -0.130. The maximum atomic E-state index is 14.1. The highest BCUT2D eigenvalue weighted by Crippen LogP contribution is 2.41. The van der Waals surface area contributed by atoms with Crippen LogP contribution in [0.4, 0.5) is 4.39 Å². The summed E-state index contributed by atoms with van der Waals surface area (Å²) in [4.78, 5) is 0. The molecule has 7 heteroatoms. The van der Waals surface area contributed by atoms with Crippen molar-refractivity contribution in [3.05, 3.63) is 30.1 Å². The summed E-state index contributed by atoms with van der Waals surface area (Å²) >= 11 is 1.63. The standard InChI is InChI=1S/C16H18FN3O2S/c17-14-4-2-1-3-13(14)15-18-19-16(20(15)11-5-6-11)23-9-12-7-8-21-10-22-12/h1-4,11-12H,5-10H2/t12-/m1/s1. The van der Waals surface area contributed by atoms with Crippen molar-refractivity contribution < 1.29 is 13.9 Å². The van der Waals surface area contributed by atoms with Gasteiger partial charge in [-0.2, -0.15) is 0 Å². The molecule has 1 aliphatic heterocycles. The number of hydrogen-bond donors (Lipinski definition) is 0. The molecular weight excluding hydrogens is 317 g/mol. The fourth-order valence-electron chi connectivity index (χ4n) is 2.66. The summed E-state index contributed by atoms with van der Waals surface area (Å²) in [6, 6.07) is 7.12. The molecule has 1 atom stereocenters. The number of nitrogens with zero attached hydrogens (tertiary/aromatic N) is 3. The molecule has 1 aliphatic carbocycles. The molecule has 0 N–H and O–H groups in total. The Labute approximate surface area is 138 Å². The van der Waals surface area contributed by atoms with Gasteiger partial charge < -0.3 is 9.47 Å². The number of rotatable bonds is 5. The van der Waals surface area contributed by atoms with E-state index in [9.17, 15) is 4.39 Å². The molecule has 4 rings (SSSR count). The van der Waals surface area contributed by atoms with Crippen LogP contribution in [0, 0.1) is 5.82 Å². The average molecular weight is 335 g/mol. The maximum absolute atomic E-state index is 14.1. The highest BCUT2D eigenvalue weighted by molar-refractivity contribution is 7.99. The molecule has 1 saturated carbocycles. The number of thioether (sulfide) groups is 1. The van der Waals surface area contributed by atoms with Crippen LogP contribution in [0.3, 0.4) is 0 Å². The van der Waals surface area contributed by atoms with Gasteiger partial charge >= 0.3 is 0 Å². The van der Waals surface area contributed by atoms with Crippen LogP contribution in [-0.4, -0.2) is 40.0 Å². The second-order valence-electron chi connectivity index (χ2n) is 5.80. The zero-order chi connectivity index (χ0) is 15.6. The third kappa shape index (κ3) is 3.27. The Morgan fingerprint density at radius 1 is 1.22 bits per heavy atom. The zero-order valence-corrected chi connectivity index (χ0v) is 13.5. The molecule has 0 radical (unpaired) electrons. The van der Waals surface area contributed by atoms with Gasteiger partial charge in [-0.3, -0.25) is 4.57 Å². The van der Waals surface area contributed by atoms with Gasteiger partial charge in [0.15, 0.2) is 11.0 Å². The van der Waals surface area contributed by atoms with E-state index in [4.69, 9.17) is 9.47 Å². The Balaban J connectivity index is 1.57. The lowest BCUT2D eigenvalue weighted by Gasteiger charge is -2.22. The first-order valence-corrected chi connectivity index (χ1v) is 8.83. The molecule has 0 amide bonds. The predicted octanol–water partition coefficient (Wildman–Crippen LogP) is 3.27. The monoisotopic (exact) mass is 335 g/mol. The zero-order valence-electron chi connectivity index (χ0n) is 12.7. The minimum absolute atomic E-state index is 0.176. The van der Waals surface area contributed by atoms with Gasteiger partial charge in [-0.1, -0.05) is 23.9 Å². The summed E-state index contributed by atoms with van der Waals surface area (Å²) in [6.07, 6.45) is 3.27. The van der Waals surface area contributed by atoms with E-state index in [0.29, 0.717) is 24.2 Å². The summed E-state index contributed by atoms with van der Waals surface area (Å²) < 4.78 is 26.9. The summed E-state index contributed by atoms with van der Waals surface area (Å²) in [5.41, 5.74) is 0.515. The van der Waals surface area contributed by atoms with Crippen LogP contribution in [0.1, 0.15) is 25.3 Å². The Kier molecular flexibility index (Phi) is 4.33. The topological polar surface area (TPSA) is 49.2 Å². The van der Waals surface area contributed by atoms with Crippen LogP contribution in [0.5, 0.6) is 0 Å². The van der Waals surface area contributed by atoms with Crippen LogP contribution in [-0.2, 0) is 9.47 Å². The molecular formula is C16H18FN3O2S. The molecule has 0 bridgehead atoms. The summed E-state index contributed by atoms with van der Waals surface area (Å²) in [6.45, 7) is 1.10. The minimum atomic E-state index is -0.258. The van der Waals surface area contributed by atoms with E-state index in [-0.39, 0.29) is 11.9 Å². The van der Waals surface area contributed by atoms with Gasteiger partial charge in [-0.25, -0.2) is 4.39 Å². The third-order valence-corrected chi connectivity index (χ3v) is 5.14. The molecule has 2 fully saturated rings. The molecule has 1 aromatic heterocycles. The van der Waals surface area contributed by atoms with Crippen molar-refractivity contribution in [2.24, 2.45) is 0 Å². The molecule has 5 nitrogen and oxygen atoms in total. The quantitative estimate of drug-likeness (QED) is 0.785. The fourth-order valence-corrected chi connectivity index (χ4v) is 3.73. The van der Waals surface area contributed by atoms with E-state index in [0.717, 1.165) is 36.8 Å². The Morgan fingerprint density at radius 3 is 2.83 bits per heavy atom. The van der Waals surface area contributed by atoms with E-state index >= 15 is 0 Å². The first-order valence-electron chi connectivity index (χ1n) is 7.85. The largest absolute Gasteiger partial charge is 0.355 e. The number of ether oxygens (including phenoxy) is 2. The lowest BCUT2D eigenvalue weighted by Crippen LogP contribution is -2.25. The molecule has 2 heterocycles. The lowest BCUT2D eigenvalue weighted by atomic mass is 10.2. The van der Waals surface area contributed by atoms with Crippen molar-refractivity contribution in [1.82, 2.24) is 14.8 Å². The summed E-state index contributed by atoms with van der Waals surface area (Å²) in [5, 5.41) is 9.41. The van der Waals surface area contributed by atoms with E-state index in [1.807, 2.05) is 6.07 Å². The fraction of sp³-hybridized carbons (Fsp3) is 0.500. The number of hydrogen-bond acceptors (Lipinski definition) is 5. The first-order chi connectivity index (χ1) is 11.3. The Hall–Kier alpha value is -1.44. The molecule has 0 unspecified atom stereocenters. The van der Waals surface area contributed by atoms with Crippen molar-refractivity contribution >= 4 is 11.8 Å². The van der Waals surface area contributed by atoms with Crippen molar-refractivity contribution in [1.29, 1.82) is 0 Å². The van der Waals surface area contributed by atoms with Crippen molar-refractivity contribution in [2.75, 3.05) is 19.2 Å². The second-order valence-corrected chi connectivity index (χ2v) is 6.79. The van der Waals surface area contributed by atoms with Gasteiger partial charge in [-0.05, 0) is 31.4 Å². The molecule has 1 aromatic carbocycles. The Morgan fingerprint density at radius 2 is 2.09 bits per heavy atom. The van der Waals surface area contributed by atoms with E-state index < -0.39 is 0 Å². The summed E-state index contributed by atoms with van der Waals surface area (Å²) in [5.74, 6) is 1.18. The van der Waals surface area contributed by atoms with Gasteiger partial charge in [0.25, 0.3) is 0 Å². The predicted molar refractivity (Wildman–Crippen MR) is 84.7 cm³/mol. The molecule has 2 aliphatic rings. The summed E-state index contributed by atoms with van der Waals surface area (Å²) in [7, 11) is 0. The van der Waals surface area contributed by atoms with E-state index in [1.54, 1.807) is 23.9 Å². The van der Waals surface area contributed by atoms with Gasteiger partial charge in [0.2, 0.25) is 0 Å². The van der Waals surface area contributed by atoms with Gasteiger partial charge in [0.1, 0.15) is 12.6 Å². The molecule has 122 valence electrons. The number of benzene rings is 1. The van der Waals surface area contributed by atoms with E-state index in [2.05, 4.69) is 14.8 Å². The molecule has 0 spiro atoms. The third-order valence-electron chi connectivity index (χ3n) is 4.06. The van der Waals surface area contributed by atoms with Crippen LogP contribution in [0.2, 0.25) is 0 Å². The smallest absolute Gasteiger partial charge is 0.191 e. The highest BCUT2D eigenvalue weighted by Gasteiger charge is 2.31. The second kappa shape index (κ2) is 6.59. The molecule has 2 aromatic rings. The van der Waals surface area contributed by atoms with Crippen molar-refractivity contribution in [3.8, 4) is 11.4 Å². The SMILES string of the molecule is Fc1ccccc1-c1nnc(SC[C@H]2CCOCO2)n1C1CC1. The average Bonchev–Trinajstić information content (AvgIpc) is 3.34. The number of aromatic nitrogens is 3. The van der Waals surface area contributed by atoms with E-state index in [1.165, 1.54) is 6.07 Å².